The predicted molar refractivity (Wildman–Crippen MR) is 112 cm³/mol. The van der Waals surface area contributed by atoms with E-state index in [0.29, 0.717) is 0 Å². The molecule has 0 spiro atoms. The molecule has 1 unspecified atom stereocenters. The zero-order chi connectivity index (χ0) is 19.4. The number of benzene rings is 2. The molecule has 0 amide bonds. The Labute approximate surface area is 161 Å². The van der Waals surface area contributed by atoms with Gasteiger partial charge in [-0.25, -0.2) is 9.97 Å². The summed E-state index contributed by atoms with van der Waals surface area (Å²) in [5.74, 6) is 2.40. The second-order valence-corrected chi connectivity index (χ2v) is 6.77. The fraction of sp³-hybridized carbons (Fsp3) is 0.273. The molecule has 1 heterocycles. The lowest BCUT2D eigenvalue weighted by Gasteiger charge is -2.17. The first-order valence-corrected chi connectivity index (χ1v) is 9.00. The largest absolute Gasteiger partial charge is 0.497 e. The van der Waals surface area contributed by atoms with E-state index in [1.54, 1.807) is 7.11 Å². The molecule has 0 saturated carbocycles. The van der Waals surface area contributed by atoms with Crippen molar-refractivity contribution in [3.63, 3.8) is 0 Å². The first-order chi connectivity index (χ1) is 13.0. The Kier molecular flexibility index (Phi) is 5.60. The van der Waals surface area contributed by atoms with Crippen molar-refractivity contribution < 1.29 is 4.74 Å². The summed E-state index contributed by atoms with van der Waals surface area (Å²) in [6, 6.07) is 18.5. The summed E-state index contributed by atoms with van der Waals surface area (Å²) < 4.78 is 5.32. The number of aromatic nitrogens is 2. The summed E-state index contributed by atoms with van der Waals surface area (Å²) in [5.41, 5.74) is 4.29. The molecule has 1 aromatic heterocycles. The predicted octanol–water partition coefficient (Wildman–Crippen LogP) is 4.70. The Morgan fingerprint density at radius 3 is 2.41 bits per heavy atom. The van der Waals surface area contributed by atoms with E-state index in [9.17, 15) is 0 Å². The molecule has 27 heavy (non-hydrogen) atoms. The van der Waals surface area contributed by atoms with Crippen molar-refractivity contribution in [1.29, 1.82) is 0 Å². The van der Waals surface area contributed by atoms with Crippen LogP contribution in [0.2, 0.25) is 0 Å². The highest BCUT2D eigenvalue weighted by atomic mass is 16.5. The van der Waals surface area contributed by atoms with E-state index < -0.39 is 0 Å². The van der Waals surface area contributed by atoms with E-state index in [-0.39, 0.29) is 6.04 Å². The number of anilines is 2. The minimum absolute atomic E-state index is 0.0957. The quantitative estimate of drug-likeness (QED) is 0.689. The van der Waals surface area contributed by atoms with Crippen LogP contribution >= 0.6 is 0 Å². The van der Waals surface area contributed by atoms with Crippen LogP contribution in [0.4, 0.5) is 11.5 Å². The van der Waals surface area contributed by atoms with Gasteiger partial charge in [-0.15, -0.1) is 0 Å². The monoisotopic (exact) mass is 362 g/mol. The van der Waals surface area contributed by atoms with Gasteiger partial charge in [0.15, 0.2) is 0 Å². The third-order valence-electron chi connectivity index (χ3n) is 4.48. The molecule has 1 atom stereocenters. The van der Waals surface area contributed by atoms with Crippen LogP contribution in [-0.4, -0.2) is 31.2 Å². The van der Waals surface area contributed by atoms with Gasteiger partial charge in [0.2, 0.25) is 0 Å². The number of rotatable bonds is 6. The SMILES string of the molecule is COc1cccc(C(C)Nc2cc(-c3ccc(N(C)C)cc3)nc(C)n2)c1. The van der Waals surface area contributed by atoms with E-state index in [1.807, 2.05) is 45.3 Å². The third kappa shape index (κ3) is 4.56. The number of hydrogen-bond donors (Lipinski definition) is 1. The smallest absolute Gasteiger partial charge is 0.130 e. The van der Waals surface area contributed by atoms with Crippen molar-refractivity contribution >= 4 is 11.5 Å². The Hall–Kier alpha value is -3.08. The molecule has 3 aromatic rings. The fourth-order valence-corrected chi connectivity index (χ4v) is 2.94. The molecule has 0 radical (unpaired) electrons. The van der Waals surface area contributed by atoms with Crippen LogP contribution in [0.5, 0.6) is 5.75 Å². The first-order valence-electron chi connectivity index (χ1n) is 9.00. The Balaban J connectivity index is 1.84. The highest BCUT2D eigenvalue weighted by Crippen LogP contribution is 2.26. The summed E-state index contributed by atoms with van der Waals surface area (Å²) in [5, 5.41) is 3.48. The minimum atomic E-state index is 0.0957. The highest BCUT2D eigenvalue weighted by molar-refractivity contribution is 5.65. The van der Waals surface area contributed by atoms with Crippen molar-refractivity contribution in [2.45, 2.75) is 19.9 Å². The van der Waals surface area contributed by atoms with Gasteiger partial charge in [-0.2, -0.15) is 0 Å². The molecule has 5 nitrogen and oxygen atoms in total. The minimum Gasteiger partial charge on any atom is -0.497 e. The normalized spacial score (nSPS) is 11.7. The zero-order valence-electron chi connectivity index (χ0n) is 16.5. The van der Waals surface area contributed by atoms with E-state index in [4.69, 9.17) is 4.74 Å². The highest BCUT2D eigenvalue weighted by Gasteiger charge is 2.10. The maximum absolute atomic E-state index is 5.32. The lowest BCUT2D eigenvalue weighted by Crippen LogP contribution is -2.09. The molecule has 2 aromatic carbocycles. The second kappa shape index (κ2) is 8.08. The molecule has 140 valence electrons. The lowest BCUT2D eigenvalue weighted by molar-refractivity contribution is 0.414. The standard InChI is InChI=1S/C22H26N4O/c1-15(18-7-6-8-20(13-18)27-5)23-22-14-21(24-16(2)25-22)17-9-11-19(12-10-17)26(3)4/h6-15H,1-5H3,(H,23,24,25). The maximum Gasteiger partial charge on any atom is 0.130 e. The third-order valence-corrected chi connectivity index (χ3v) is 4.48. The van der Waals surface area contributed by atoms with Gasteiger partial charge in [0.1, 0.15) is 17.4 Å². The van der Waals surface area contributed by atoms with E-state index >= 15 is 0 Å². The van der Waals surface area contributed by atoms with Crippen LogP contribution in [-0.2, 0) is 0 Å². The summed E-state index contributed by atoms with van der Waals surface area (Å²) >= 11 is 0. The molecule has 0 aliphatic heterocycles. The van der Waals surface area contributed by atoms with Gasteiger partial charge in [0, 0.05) is 31.4 Å². The molecule has 0 fully saturated rings. The van der Waals surface area contributed by atoms with Crippen LogP contribution in [0.1, 0.15) is 24.4 Å². The first kappa shape index (κ1) is 18.7. The van der Waals surface area contributed by atoms with E-state index in [2.05, 4.69) is 57.4 Å². The van der Waals surface area contributed by atoms with Gasteiger partial charge >= 0.3 is 0 Å². The number of nitrogens with zero attached hydrogens (tertiary/aromatic N) is 3. The number of nitrogens with one attached hydrogen (secondary N) is 1. The molecule has 1 N–H and O–H groups in total. The van der Waals surface area contributed by atoms with Crippen molar-refractivity contribution in [2.24, 2.45) is 0 Å². The number of aryl methyl sites for hydroxylation is 1. The average molecular weight is 362 g/mol. The van der Waals surface area contributed by atoms with Crippen LogP contribution in [0.15, 0.2) is 54.6 Å². The van der Waals surface area contributed by atoms with Crippen LogP contribution in [0.25, 0.3) is 11.3 Å². The zero-order valence-corrected chi connectivity index (χ0v) is 16.5. The van der Waals surface area contributed by atoms with Gasteiger partial charge in [-0.05, 0) is 43.7 Å². The summed E-state index contributed by atoms with van der Waals surface area (Å²) in [6.07, 6.45) is 0. The molecule has 5 heteroatoms. The van der Waals surface area contributed by atoms with E-state index in [0.717, 1.165) is 39.9 Å². The Morgan fingerprint density at radius 1 is 1.00 bits per heavy atom. The Morgan fingerprint density at radius 2 is 1.74 bits per heavy atom. The second-order valence-electron chi connectivity index (χ2n) is 6.77. The van der Waals surface area contributed by atoms with Crippen LogP contribution < -0.4 is 15.0 Å². The lowest BCUT2D eigenvalue weighted by atomic mass is 10.1. The van der Waals surface area contributed by atoms with E-state index in [1.165, 1.54) is 0 Å². The Bertz CT molecular complexity index is 906. The van der Waals surface area contributed by atoms with Crippen molar-refractivity contribution in [2.75, 3.05) is 31.4 Å². The topological polar surface area (TPSA) is 50.3 Å². The van der Waals surface area contributed by atoms with Gasteiger partial charge in [0.05, 0.1) is 18.8 Å². The average Bonchev–Trinajstić information content (AvgIpc) is 2.67. The van der Waals surface area contributed by atoms with Crippen molar-refractivity contribution in [1.82, 2.24) is 9.97 Å². The summed E-state index contributed by atoms with van der Waals surface area (Å²) in [6.45, 7) is 4.02. The van der Waals surface area contributed by atoms with Gasteiger partial charge in [0.25, 0.3) is 0 Å². The summed E-state index contributed by atoms with van der Waals surface area (Å²) in [7, 11) is 5.75. The molecule has 0 aliphatic rings. The van der Waals surface area contributed by atoms with Crippen LogP contribution in [0, 0.1) is 6.92 Å². The van der Waals surface area contributed by atoms with Gasteiger partial charge in [-0.3, -0.25) is 0 Å². The van der Waals surface area contributed by atoms with Crippen LogP contribution in [0.3, 0.4) is 0 Å². The fourth-order valence-electron chi connectivity index (χ4n) is 2.94. The number of ether oxygens (including phenoxy) is 1. The molecule has 0 aliphatic carbocycles. The van der Waals surface area contributed by atoms with Crippen molar-refractivity contribution in [3.05, 3.63) is 66.0 Å². The molecular formula is C22H26N4O. The maximum atomic E-state index is 5.32. The molecule has 0 saturated heterocycles. The van der Waals surface area contributed by atoms with Crippen molar-refractivity contribution in [3.8, 4) is 17.0 Å². The molecular weight excluding hydrogens is 336 g/mol. The summed E-state index contributed by atoms with van der Waals surface area (Å²) in [4.78, 5) is 11.2. The molecule has 0 bridgehead atoms. The number of methoxy groups -OCH3 is 1. The molecule has 3 rings (SSSR count). The van der Waals surface area contributed by atoms with Gasteiger partial charge < -0.3 is 15.0 Å². The van der Waals surface area contributed by atoms with Gasteiger partial charge in [-0.1, -0.05) is 24.3 Å². The number of hydrogen-bond acceptors (Lipinski definition) is 5.